The Hall–Kier alpha value is -2.83. The highest BCUT2D eigenvalue weighted by molar-refractivity contribution is 5.85. The van der Waals surface area contributed by atoms with E-state index in [0.29, 0.717) is 11.5 Å². The molecule has 2 aromatic rings. The van der Waals surface area contributed by atoms with Crippen LogP contribution in [0.4, 0.5) is 0 Å². The van der Waals surface area contributed by atoms with Crippen LogP contribution < -0.4 is 10.1 Å². The molecule has 0 saturated carbocycles. The predicted molar refractivity (Wildman–Crippen MR) is 95.6 cm³/mol. The summed E-state index contributed by atoms with van der Waals surface area (Å²) < 4.78 is 10.5. The van der Waals surface area contributed by atoms with Crippen molar-refractivity contribution in [2.75, 3.05) is 26.7 Å². The first-order valence-corrected chi connectivity index (χ1v) is 8.80. The zero-order valence-corrected chi connectivity index (χ0v) is 14.9. The molecule has 0 unspecified atom stereocenters. The summed E-state index contributed by atoms with van der Waals surface area (Å²) >= 11 is 0. The maximum absolute atomic E-state index is 12.1. The van der Waals surface area contributed by atoms with Gasteiger partial charge in [-0.2, -0.15) is 0 Å². The molecule has 0 bridgehead atoms. The third-order valence-corrected chi connectivity index (χ3v) is 4.40. The monoisotopic (exact) mass is 357 g/mol. The lowest BCUT2D eigenvalue weighted by molar-refractivity contribution is -0.133. The number of piperidine rings is 1. The average Bonchev–Trinajstić information content (AvgIpc) is 3.15. The zero-order valence-electron chi connectivity index (χ0n) is 14.9. The number of hydrogen-bond acceptors (Lipinski definition) is 5. The van der Waals surface area contributed by atoms with E-state index in [-0.39, 0.29) is 24.8 Å². The summed E-state index contributed by atoms with van der Waals surface area (Å²) in [7, 11) is 1.60. The first-order valence-electron chi connectivity index (χ1n) is 8.80. The van der Waals surface area contributed by atoms with Gasteiger partial charge in [0.2, 0.25) is 11.8 Å². The number of hydrogen-bond donors (Lipinski definition) is 1. The number of carbonyl (C=O) groups excluding carboxylic acids is 2. The van der Waals surface area contributed by atoms with Crippen LogP contribution in [0.2, 0.25) is 0 Å². The van der Waals surface area contributed by atoms with Gasteiger partial charge < -0.3 is 19.5 Å². The van der Waals surface area contributed by atoms with Crippen molar-refractivity contribution in [2.24, 2.45) is 0 Å². The lowest BCUT2D eigenvalue weighted by Gasteiger charge is -2.26. The lowest BCUT2D eigenvalue weighted by Crippen LogP contribution is -2.42. The number of rotatable bonds is 6. The molecule has 26 heavy (non-hydrogen) atoms. The smallest absolute Gasteiger partial charge is 0.241 e. The number of ether oxygens (including phenoxy) is 1. The molecule has 138 valence electrons. The fourth-order valence-corrected chi connectivity index (χ4v) is 2.96. The van der Waals surface area contributed by atoms with Crippen molar-refractivity contribution < 1.29 is 18.8 Å². The third kappa shape index (κ3) is 4.62. The minimum absolute atomic E-state index is 0.0272. The number of nitrogens with one attached hydrogen (secondary N) is 1. The Morgan fingerprint density at radius 3 is 2.81 bits per heavy atom. The van der Waals surface area contributed by atoms with Gasteiger partial charge >= 0.3 is 0 Å². The molecule has 0 spiro atoms. The number of aromatic nitrogens is 1. The molecule has 2 heterocycles. The van der Waals surface area contributed by atoms with E-state index >= 15 is 0 Å². The minimum Gasteiger partial charge on any atom is -0.497 e. The molecule has 3 rings (SSSR count). The Bertz CT molecular complexity index is 766. The van der Waals surface area contributed by atoms with Gasteiger partial charge in [-0.3, -0.25) is 9.59 Å². The third-order valence-electron chi connectivity index (χ3n) is 4.40. The molecule has 1 aliphatic heterocycles. The molecule has 0 atom stereocenters. The summed E-state index contributed by atoms with van der Waals surface area (Å²) in [4.78, 5) is 25.9. The summed E-state index contributed by atoms with van der Waals surface area (Å²) in [5.74, 6) is 1.00. The zero-order chi connectivity index (χ0) is 18.4. The van der Waals surface area contributed by atoms with Crippen molar-refractivity contribution in [3.63, 3.8) is 0 Å². The van der Waals surface area contributed by atoms with Crippen LogP contribution in [-0.4, -0.2) is 48.6 Å². The number of carbonyl (C=O) groups is 2. The van der Waals surface area contributed by atoms with Crippen LogP contribution in [0.1, 0.15) is 25.0 Å². The second-order valence-electron chi connectivity index (χ2n) is 6.31. The Balaban J connectivity index is 1.51. The highest BCUT2D eigenvalue weighted by Gasteiger charge is 2.17. The van der Waals surface area contributed by atoms with Gasteiger partial charge in [-0.25, -0.2) is 0 Å². The fraction of sp³-hybridized carbons (Fsp3) is 0.421. The van der Waals surface area contributed by atoms with Gasteiger partial charge in [0.05, 0.1) is 25.8 Å². The maximum atomic E-state index is 12.1. The number of amides is 2. The maximum Gasteiger partial charge on any atom is 0.241 e. The van der Waals surface area contributed by atoms with E-state index < -0.39 is 0 Å². The van der Waals surface area contributed by atoms with E-state index in [1.54, 1.807) is 18.1 Å². The summed E-state index contributed by atoms with van der Waals surface area (Å²) in [5, 5.41) is 6.60. The summed E-state index contributed by atoms with van der Waals surface area (Å²) in [6.07, 6.45) is 3.30. The number of methoxy groups -OCH3 is 1. The minimum atomic E-state index is -0.249. The first kappa shape index (κ1) is 18.0. The van der Waals surface area contributed by atoms with Crippen LogP contribution in [-0.2, 0) is 16.0 Å². The van der Waals surface area contributed by atoms with Crippen LogP contribution in [0.25, 0.3) is 11.3 Å². The molecule has 7 nitrogen and oxygen atoms in total. The van der Waals surface area contributed by atoms with Gasteiger partial charge in [0, 0.05) is 24.7 Å². The van der Waals surface area contributed by atoms with Crippen LogP contribution in [0.5, 0.6) is 5.75 Å². The molecule has 1 saturated heterocycles. The normalized spacial score (nSPS) is 14.1. The van der Waals surface area contributed by atoms with E-state index in [9.17, 15) is 9.59 Å². The Morgan fingerprint density at radius 2 is 2.04 bits per heavy atom. The summed E-state index contributed by atoms with van der Waals surface area (Å²) in [6, 6.07) is 9.13. The van der Waals surface area contributed by atoms with Gasteiger partial charge in [0.15, 0.2) is 5.76 Å². The van der Waals surface area contributed by atoms with Gasteiger partial charge in [0.1, 0.15) is 5.75 Å². The summed E-state index contributed by atoms with van der Waals surface area (Å²) in [5.41, 5.74) is 1.34. The molecule has 1 N–H and O–H groups in total. The van der Waals surface area contributed by atoms with Gasteiger partial charge in [-0.15, -0.1) is 0 Å². The molecule has 1 aromatic carbocycles. The molecule has 0 radical (unpaired) electrons. The fourth-order valence-electron chi connectivity index (χ4n) is 2.96. The Labute approximate surface area is 152 Å². The molecule has 0 aliphatic carbocycles. The SMILES string of the molecule is COc1cccc(-c2cc(CC(=O)NCC(=O)N3CCCCC3)no2)c1. The topological polar surface area (TPSA) is 84.7 Å². The van der Waals surface area contributed by atoms with E-state index in [1.807, 2.05) is 24.3 Å². The molecule has 1 aromatic heterocycles. The van der Waals surface area contributed by atoms with E-state index in [0.717, 1.165) is 43.7 Å². The van der Waals surface area contributed by atoms with Crippen molar-refractivity contribution in [1.82, 2.24) is 15.4 Å². The van der Waals surface area contributed by atoms with Gasteiger partial charge in [-0.05, 0) is 31.4 Å². The molecule has 7 heteroatoms. The predicted octanol–water partition coefficient (Wildman–Crippen LogP) is 2.02. The molecule has 1 aliphatic rings. The number of nitrogens with zero attached hydrogens (tertiary/aromatic N) is 2. The van der Waals surface area contributed by atoms with Gasteiger partial charge in [0.25, 0.3) is 0 Å². The van der Waals surface area contributed by atoms with E-state index in [2.05, 4.69) is 10.5 Å². The second-order valence-corrected chi connectivity index (χ2v) is 6.31. The largest absolute Gasteiger partial charge is 0.497 e. The van der Waals surface area contributed by atoms with E-state index in [4.69, 9.17) is 9.26 Å². The van der Waals surface area contributed by atoms with Crippen molar-refractivity contribution in [2.45, 2.75) is 25.7 Å². The summed E-state index contributed by atoms with van der Waals surface area (Å²) in [6.45, 7) is 1.59. The van der Waals surface area contributed by atoms with Crippen LogP contribution >= 0.6 is 0 Å². The second kappa shape index (κ2) is 8.51. The Morgan fingerprint density at radius 1 is 1.23 bits per heavy atom. The van der Waals surface area contributed by atoms with Crippen LogP contribution in [0, 0.1) is 0 Å². The molecular weight excluding hydrogens is 334 g/mol. The standard InChI is InChI=1S/C19H23N3O4/c1-25-16-7-5-6-14(10-16)17-11-15(21-26-17)12-18(23)20-13-19(24)22-8-3-2-4-9-22/h5-7,10-11H,2-4,8-9,12-13H2,1H3,(H,20,23). The quantitative estimate of drug-likeness (QED) is 0.855. The van der Waals surface area contributed by atoms with Crippen molar-refractivity contribution in [3.05, 3.63) is 36.0 Å². The van der Waals surface area contributed by atoms with Crippen molar-refractivity contribution in [1.29, 1.82) is 0 Å². The number of likely N-dealkylation sites (tertiary alicyclic amines) is 1. The lowest BCUT2D eigenvalue weighted by atomic mass is 10.1. The first-order chi connectivity index (χ1) is 12.7. The molecule has 1 fully saturated rings. The highest BCUT2D eigenvalue weighted by atomic mass is 16.5. The van der Waals surface area contributed by atoms with Crippen molar-refractivity contribution in [3.8, 4) is 17.1 Å². The van der Waals surface area contributed by atoms with Crippen molar-refractivity contribution >= 4 is 11.8 Å². The van der Waals surface area contributed by atoms with E-state index in [1.165, 1.54) is 0 Å². The van der Waals surface area contributed by atoms with Crippen LogP contribution in [0.15, 0.2) is 34.9 Å². The highest BCUT2D eigenvalue weighted by Crippen LogP contribution is 2.24. The van der Waals surface area contributed by atoms with Crippen LogP contribution in [0.3, 0.4) is 0 Å². The Kier molecular flexibility index (Phi) is 5.88. The van der Waals surface area contributed by atoms with Gasteiger partial charge in [-0.1, -0.05) is 17.3 Å². The molecular formula is C19H23N3O4. The molecule has 2 amide bonds. The number of benzene rings is 1. The average molecular weight is 357 g/mol.